The third-order valence-corrected chi connectivity index (χ3v) is 7.81. The van der Waals surface area contributed by atoms with Crippen molar-refractivity contribution >= 4 is 0 Å². The van der Waals surface area contributed by atoms with Crippen LogP contribution < -0.4 is 0 Å². The van der Waals surface area contributed by atoms with E-state index in [0.29, 0.717) is 5.92 Å². The molecule has 0 radical (unpaired) electrons. The van der Waals surface area contributed by atoms with Gasteiger partial charge in [-0.15, -0.1) is 0 Å². The predicted octanol–water partition coefficient (Wildman–Crippen LogP) is 10.2. The van der Waals surface area contributed by atoms with Crippen LogP contribution in [0.5, 0.6) is 0 Å². The fourth-order valence-electron chi connectivity index (χ4n) is 5.31. The zero-order valence-corrected chi connectivity index (χ0v) is 23.9. The van der Waals surface area contributed by atoms with Gasteiger partial charge in [-0.05, 0) is 30.9 Å². The lowest BCUT2D eigenvalue weighted by molar-refractivity contribution is -0.206. The average Bonchev–Trinajstić information content (AvgIpc) is 2.95. The lowest BCUT2D eigenvalue weighted by atomic mass is 10.0. The molecule has 3 nitrogen and oxygen atoms in total. The summed E-state index contributed by atoms with van der Waals surface area (Å²) >= 11 is 0. The Hall–Kier alpha value is -1.71. The Bertz CT molecular complexity index is 809. The first kappa shape index (κ1) is 29.8. The molecule has 206 valence electrons. The van der Waals surface area contributed by atoms with E-state index in [4.69, 9.17) is 14.5 Å². The minimum absolute atomic E-state index is 0.277. The molecular formula is C34H53NO2. The molecule has 1 saturated heterocycles. The first-order chi connectivity index (χ1) is 18.3. The van der Waals surface area contributed by atoms with E-state index in [0.717, 1.165) is 24.5 Å². The van der Waals surface area contributed by atoms with Crippen molar-refractivity contribution < 1.29 is 9.47 Å². The van der Waals surface area contributed by atoms with Crippen molar-refractivity contribution in [2.24, 2.45) is 5.92 Å². The Kier molecular flexibility index (Phi) is 14.9. The van der Waals surface area contributed by atoms with Gasteiger partial charge in [0.05, 0.1) is 18.9 Å². The fraction of sp³-hybridized carbons (Fsp3) is 0.676. The summed E-state index contributed by atoms with van der Waals surface area (Å²) in [4.78, 5) is 4.71. The highest BCUT2D eigenvalue weighted by Gasteiger charge is 2.23. The van der Waals surface area contributed by atoms with E-state index in [2.05, 4.69) is 50.2 Å². The summed E-state index contributed by atoms with van der Waals surface area (Å²) in [5, 5.41) is 0. The SMILES string of the molecule is CCCCCCCCCCCC[C@H]1CO[C@H](c2ccc(-c3ccc(CCCCCCC)cc3)nc2)OC1. The van der Waals surface area contributed by atoms with Crippen LogP contribution in [0.15, 0.2) is 42.6 Å². The molecule has 2 heterocycles. The van der Waals surface area contributed by atoms with Crippen LogP contribution in [0.3, 0.4) is 0 Å². The number of pyridine rings is 1. The Morgan fingerprint density at radius 2 is 1.22 bits per heavy atom. The number of benzene rings is 1. The maximum atomic E-state index is 6.08. The number of rotatable bonds is 19. The Morgan fingerprint density at radius 3 is 1.78 bits per heavy atom. The van der Waals surface area contributed by atoms with Crippen LogP contribution >= 0.6 is 0 Å². The number of ether oxygens (including phenoxy) is 2. The van der Waals surface area contributed by atoms with Crippen LogP contribution in [0.1, 0.15) is 134 Å². The van der Waals surface area contributed by atoms with Gasteiger partial charge in [0.2, 0.25) is 0 Å². The smallest absolute Gasteiger partial charge is 0.185 e. The second kappa shape index (κ2) is 18.5. The quantitative estimate of drug-likeness (QED) is 0.177. The van der Waals surface area contributed by atoms with Crippen LogP contribution in [0, 0.1) is 5.92 Å². The Balaban J connectivity index is 1.29. The molecule has 1 aromatic carbocycles. The second-order valence-corrected chi connectivity index (χ2v) is 11.2. The lowest BCUT2D eigenvalue weighted by Gasteiger charge is -2.29. The summed E-state index contributed by atoms with van der Waals surface area (Å²) in [6.07, 6.45) is 24.5. The third-order valence-electron chi connectivity index (χ3n) is 7.81. The second-order valence-electron chi connectivity index (χ2n) is 11.2. The van der Waals surface area contributed by atoms with Crippen LogP contribution in [0.4, 0.5) is 0 Å². The van der Waals surface area contributed by atoms with Gasteiger partial charge in [-0.3, -0.25) is 4.98 Å². The van der Waals surface area contributed by atoms with E-state index in [-0.39, 0.29) is 6.29 Å². The molecule has 1 aliphatic heterocycles. The van der Waals surface area contributed by atoms with E-state index in [9.17, 15) is 0 Å². The van der Waals surface area contributed by atoms with Crippen molar-refractivity contribution in [3.63, 3.8) is 0 Å². The van der Waals surface area contributed by atoms with E-state index in [1.54, 1.807) is 0 Å². The van der Waals surface area contributed by atoms with Gasteiger partial charge in [0, 0.05) is 23.2 Å². The molecule has 1 aliphatic rings. The van der Waals surface area contributed by atoms with Crippen molar-refractivity contribution in [2.45, 2.75) is 129 Å². The first-order valence-electron chi connectivity index (χ1n) is 15.6. The Morgan fingerprint density at radius 1 is 0.649 bits per heavy atom. The van der Waals surface area contributed by atoms with Gasteiger partial charge < -0.3 is 9.47 Å². The van der Waals surface area contributed by atoms with Crippen LogP contribution in [-0.4, -0.2) is 18.2 Å². The lowest BCUT2D eigenvalue weighted by Crippen LogP contribution is -2.27. The maximum absolute atomic E-state index is 6.08. The molecule has 3 rings (SSSR count). The van der Waals surface area contributed by atoms with Crippen LogP contribution in [0.25, 0.3) is 11.3 Å². The number of nitrogens with zero attached hydrogens (tertiary/aromatic N) is 1. The van der Waals surface area contributed by atoms with Crippen molar-refractivity contribution in [3.8, 4) is 11.3 Å². The summed E-state index contributed by atoms with van der Waals surface area (Å²) in [5.41, 5.74) is 4.62. The van der Waals surface area contributed by atoms with E-state index in [1.807, 2.05) is 6.20 Å². The predicted molar refractivity (Wildman–Crippen MR) is 157 cm³/mol. The molecule has 37 heavy (non-hydrogen) atoms. The van der Waals surface area contributed by atoms with Crippen molar-refractivity contribution in [3.05, 3.63) is 53.7 Å². The van der Waals surface area contributed by atoms with E-state index >= 15 is 0 Å². The molecule has 2 aromatic rings. The van der Waals surface area contributed by atoms with Crippen LogP contribution in [-0.2, 0) is 15.9 Å². The highest BCUT2D eigenvalue weighted by molar-refractivity contribution is 5.59. The number of aryl methyl sites for hydroxylation is 1. The molecule has 0 saturated carbocycles. The van der Waals surface area contributed by atoms with E-state index < -0.39 is 0 Å². The summed E-state index contributed by atoms with van der Waals surface area (Å²) in [6, 6.07) is 13.1. The van der Waals surface area contributed by atoms with Gasteiger partial charge in [0.15, 0.2) is 6.29 Å². The summed E-state index contributed by atoms with van der Waals surface area (Å²) in [5.74, 6) is 0.530. The zero-order valence-electron chi connectivity index (χ0n) is 23.9. The molecule has 0 atom stereocenters. The highest BCUT2D eigenvalue weighted by atomic mass is 16.7. The summed E-state index contributed by atoms with van der Waals surface area (Å²) in [7, 11) is 0. The number of hydrogen-bond acceptors (Lipinski definition) is 3. The number of aromatic nitrogens is 1. The average molecular weight is 508 g/mol. The Labute approximate surface area is 227 Å². The highest BCUT2D eigenvalue weighted by Crippen LogP contribution is 2.28. The van der Waals surface area contributed by atoms with Gasteiger partial charge in [0.1, 0.15) is 0 Å². The number of unbranched alkanes of at least 4 members (excludes halogenated alkanes) is 13. The van der Waals surface area contributed by atoms with Crippen LogP contribution in [0.2, 0.25) is 0 Å². The third kappa shape index (κ3) is 11.7. The number of hydrogen-bond donors (Lipinski definition) is 0. The molecule has 0 N–H and O–H groups in total. The monoisotopic (exact) mass is 507 g/mol. The molecule has 0 spiro atoms. The summed E-state index contributed by atoms with van der Waals surface area (Å²) < 4.78 is 12.2. The van der Waals surface area contributed by atoms with Gasteiger partial charge in [0.25, 0.3) is 0 Å². The van der Waals surface area contributed by atoms with Gasteiger partial charge >= 0.3 is 0 Å². The zero-order chi connectivity index (χ0) is 26.0. The molecule has 3 heteroatoms. The normalized spacial score (nSPS) is 17.8. The fourth-order valence-corrected chi connectivity index (χ4v) is 5.31. The summed E-state index contributed by atoms with van der Waals surface area (Å²) in [6.45, 7) is 6.14. The van der Waals surface area contributed by atoms with E-state index in [1.165, 1.54) is 120 Å². The molecule has 1 fully saturated rings. The molecule has 1 aromatic heterocycles. The minimum Gasteiger partial charge on any atom is -0.348 e. The van der Waals surface area contributed by atoms with Crippen molar-refractivity contribution in [1.29, 1.82) is 0 Å². The maximum Gasteiger partial charge on any atom is 0.185 e. The molecule has 0 aliphatic carbocycles. The van der Waals surface area contributed by atoms with Gasteiger partial charge in [-0.1, -0.05) is 134 Å². The largest absolute Gasteiger partial charge is 0.348 e. The van der Waals surface area contributed by atoms with Gasteiger partial charge in [-0.2, -0.15) is 0 Å². The molecular weight excluding hydrogens is 454 g/mol. The van der Waals surface area contributed by atoms with Gasteiger partial charge in [-0.25, -0.2) is 0 Å². The minimum atomic E-state index is -0.277. The molecule has 0 unspecified atom stereocenters. The molecule has 0 bridgehead atoms. The molecule has 0 amide bonds. The standard InChI is InChI=1S/C34H53NO2/c1-3-5-7-9-10-11-12-13-15-17-19-30-27-36-34(37-28-30)32-24-25-33(35-26-32)31-22-20-29(21-23-31)18-16-14-8-6-4-2/h20-26,30,34H,3-19,27-28H2,1-2H3/t30-,34-. The van der Waals surface area contributed by atoms with Crippen molar-refractivity contribution in [1.82, 2.24) is 4.98 Å². The van der Waals surface area contributed by atoms with Crippen molar-refractivity contribution in [2.75, 3.05) is 13.2 Å². The topological polar surface area (TPSA) is 31.4 Å². The first-order valence-corrected chi connectivity index (χ1v) is 15.6.